The van der Waals surface area contributed by atoms with E-state index < -0.39 is 0 Å². The van der Waals surface area contributed by atoms with Gasteiger partial charge in [-0.05, 0) is 34.5 Å². The number of halogens is 1. The van der Waals surface area contributed by atoms with Crippen LogP contribution in [-0.4, -0.2) is 11.8 Å². The van der Waals surface area contributed by atoms with E-state index >= 15 is 0 Å². The average Bonchev–Trinajstić information content (AvgIpc) is 2.71. The molecule has 1 aromatic rings. The highest BCUT2D eigenvalue weighted by atomic mass is 79.9. The molecule has 1 unspecified atom stereocenters. The maximum Gasteiger partial charge on any atom is 0.279 e. The number of hydrogen-bond donors (Lipinski definition) is 2. The van der Waals surface area contributed by atoms with Crippen LogP contribution in [-0.2, 0) is 4.79 Å². The topological polar surface area (TPSA) is 58.2 Å². The molecule has 1 aromatic heterocycles. The second-order valence-corrected chi connectivity index (χ2v) is 5.82. The summed E-state index contributed by atoms with van der Waals surface area (Å²) in [4.78, 5) is 23.5. The smallest absolute Gasteiger partial charge is 0.273 e. The van der Waals surface area contributed by atoms with E-state index in [1.165, 1.54) is 11.3 Å². The summed E-state index contributed by atoms with van der Waals surface area (Å²) in [6.07, 6.45) is 0.742. The van der Waals surface area contributed by atoms with Gasteiger partial charge in [-0.25, -0.2) is 0 Å². The zero-order valence-electron chi connectivity index (χ0n) is 9.04. The van der Waals surface area contributed by atoms with Gasteiger partial charge < -0.3 is 0 Å². The molecule has 2 amide bonds. The minimum absolute atomic E-state index is 0.102. The molecule has 0 fully saturated rings. The van der Waals surface area contributed by atoms with Gasteiger partial charge in [-0.3, -0.25) is 20.4 Å². The van der Waals surface area contributed by atoms with Crippen molar-refractivity contribution in [2.24, 2.45) is 5.92 Å². The van der Waals surface area contributed by atoms with Gasteiger partial charge in [0.25, 0.3) is 5.91 Å². The third kappa shape index (κ3) is 3.61. The van der Waals surface area contributed by atoms with E-state index in [0.29, 0.717) is 4.88 Å². The maximum absolute atomic E-state index is 11.5. The molecule has 0 aromatic carbocycles. The SMILES string of the molecule is CCC(C)C(=O)NNC(=O)c1ccc(Br)s1. The maximum atomic E-state index is 11.5. The van der Waals surface area contributed by atoms with Crippen molar-refractivity contribution in [3.8, 4) is 0 Å². The molecule has 1 rings (SSSR count). The Morgan fingerprint density at radius 1 is 1.44 bits per heavy atom. The van der Waals surface area contributed by atoms with Crippen LogP contribution in [0.25, 0.3) is 0 Å². The first-order valence-corrected chi connectivity index (χ1v) is 6.51. The molecule has 0 bridgehead atoms. The van der Waals surface area contributed by atoms with Crippen molar-refractivity contribution in [2.45, 2.75) is 20.3 Å². The quantitative estimate of drug-likeness (QED) is 0.842. The second kappa shape index (κ2) is 6.00. The van der Waals surface area contributed by atoms with E-state index in [0.717, 1.165) is 10.2 Å². The van der Waals surface area contributed by atoms with Crippen LogP contribution >= 0.6 is 27.3 Å². The number of amides is 2. The van der Waals surface area contributed by atoms with Crippen LogP contribution in [0.2, 0.25) is 0 Å². The third-order valence-corrected chi connectivity index (χ3v) is 3.78. The Balaban J connectivity index is 2.44. The average molecular weight is 305 g/mol. The molecule has 6 heteroatoms. The summed E-state index contributed by atoms with van der Waals surface area (Å²) >= 11 is 4.58. The molecule has 0 spiro atoms. The summed E-state index contributed by atoms with van der Waals surface area (Å²) in [6, 6.07) is 3.48. The predicted molar refractivity (Wildman–Crippen MR) is 67.1 cm³/mol. The highest BCUT2D eigenvalue weighted by Gasteiger charge is 2.12. The zero-order valence-corrected chi connectivity index (χ0v) is 11.4. The molecular formula is C10H13BrN2O2S. The Labute approximate surface area is 107 Å². The van der Waals surface area contributed by atoms with Crippen LogP contribution in [0.15, 0.2) is 15.9 Å². The Hall–Kier alpha value is -0.880. The lowest BCUT2D eigenvalue weighted by atomic mass is 10.1. The van der Waals surface area contributed by atoms with Gasteiger partial charge in [0.05, 0.1) is 8.66 Å². The zero-order chi connectivity index (χ0) is 12.1. The number of nitrogens with one attached hydrogen (secondary N) is 2. The standard InChI is InChI=1S/C10H13BrN2O2S/c1-3-6(2)9(14)12-13-10(15)7-4-5-8(11)16-7/h4-6H,3H2,1-2H3,(H,12,14)(H,13,15). The molecule has 88 valence electrons. The molecule has 0 aliphatic carbocycles. The highest BCUT2D eigenvalue weighted by molar-refractivity contribution is 9.11. The van der Waals surface area contributed by atoms with Crippen molar-refractivity contribution in [1.82, 2.24) is 10.9 Å². The first-order valence-electron chi connectivity index (χ1n) is 4.90. The van der Waals surface area contributed by atoms with Gasteiger partial charge in [-0.2, -0.15) is 0 Å². The summed E-state index contributed by atoms with van der Waals surface area (Å²) < 4.78 is 0.880. The molecular weight excluding hydrogens is 292 g/mol. The van der Waals surface area contributed by atoms with Crippen molar-refractivity contribution in [2.75, 3.05) is 0 Å². The minimum Gasteiger partial charge on any atom is -0.273 e. The van der Waals surface area contributed by atoms with Crippen molar-refractivity contribution >= 4 is 39.1 Å². The van der Waals surface area contributed by atoms with Crippen LogP contribution in [0.3, 0.4) is 0 Å². The lowest BCUT2D eigenvalue weighted by Crippen LogP contribution is -2.43. The summed E-state index contributed by atoms with van der Waals surface area (Å²) in [7, 11) is 0. The van der Waals surface area contributed by atoms with Crippen molar-refractivity contribution in [3.63, 3.8) is 0 Å². The molecule has 16 heavy (non-hydrogen) atoms. The van der Waals surface area contributed by atoms with E-state index in [9.17, 15) is 9.59 Å². The summed E-state index contributed by atoms with van der Waals surface area (Å²) in [5.74, 6) is -0.575. The van der Waals surface area contributed by atoms with Gasteiger partial charge in [0.1, 0.15) is 0 Å². The number of hydrogen-bond acceptors (Lipinski definition) is 3. The molecule has 0 aliphatic rings. The van der Waals surface area contributed by atoms with E-state index in [1.807, 2.05) is 13.8 Å². The number of carbonyl (C=O) groups is 2. The summed E-state index contributed by atoms with van der Waals surface area (Å²) in [5.41, 5.74) is 4.77. The van der Waals surface area contributed by atoms with E-state index in [-0.39, 0.29) is 17.7 Å². The van der Waals surface area contributed by atoms with E-state index in [4.69, 9.17) is 0 Å². The summed E-state index contributed by atoms with van der Waals surface area (Å²) in [5, 5.41) is 0. The fourth-order valence-corrected chi connectivity index (χ4v) is 2.21. The van der Waals surface area contributed by atoms with Gasteiger partial charge in [0.15, 0.2) is 0 Å². The minimum atomic E-state index is -0.299. The first kappa shape index (κ1) is 13.2. The van der Waals surface area contributed by atoms with Gasteiger partial charge in [-0.1, -0.05) is 13.8 Å². The van der Waals surface area contributed by atoms with Crippen LogP contribution in [0.1, 0.15) is 29.9 Å². The molecule has 4 nitrogen and oxygen atoms in total. The molecule has 0 radical (unpaired) electrons. The fraction of sp³-hybridized carbons (Fsp3) is 0.400. The molecule has 1 atom stereocenters. The lowest BCUT2D eigenvalue weighted by molar-refractivity contribution is -0.125. The van der Waals surface area contributed by atoms with Crippen molar-refractivity contribution < 1.29 is 9.59 Å². The number of hydrazine groups is 1. The lowest BCUT2D eigenvalue weighted by Gasteiger charge is -2.10. The Bertz CT molecular complexity index is 392. The van der Waals surface area contributed by atoms with Gasteiger partial charge in [0, 0.05) is 5.92 Å². The Morgan fingerprint density at radius 2 is 2.12 bits per heavy atom. The molecule has 0 aliphatic heterocycles. The highest BCUT2D eigenvalue weighted by Crippen LogP contribution is 2.21. The fourth-order valence-electron chi connectivity index (χ4n) is 0.925. The number of thiophene rings is 1. The predicted octanol–water partition coefficient (Wildman–Crippen LogP) is 2.32. The largest absolute Gasteiger partial charge is 0.279 e. The molecule has 1 heterocycles. The first-order chi connectivity index (χ1) is 7.54. The third-order valence-electron chi connectivity index (χ3n) is 2.16. The number of carbonyl (C=O) groups excluding carboxylic acids is 2. The summed E-state index contributed by atoms with van der Waals surface area (Å²) in [6.45, 7) is 3.73. The van der Waals surface area contributed by atoms with Crippen LogP contribution in [0, 0.1) is 5.92 Å². The van der Waals surface area contributed by atoms with Crippen molar-refractivity contribution in [1.29, 1.82) is 0 Å². The van der Waals surface area contributed by atoms with Gasteiger partial charge in [0.2, 0.25) is 5.91 Å². The Morgan fingerprint density at radius 3 is 2.62 bits per heavy atom. The second-order valence-electron chi connectivity index (χ2n) is 3.36. The van der Waals surface area contributed by atoms with E-state index in [1.54, 1.807) is 12.1 Å². The Kier molecular flexibility index (Phi) is 4.95. The number of rotatable bonds is 3. The van der Waals surface area contributed by atoms with Crippen LogP contribution in [0.4, 0.5) is 0 Å². The molecule has 2 N–H and O–H groups in total. The van der Waals surface area contributed by atoms with Gasteiger partial charge >= 0.3 is 0 Å². The normalized spacial score (nSPS) is 11.9. The van der Waals surface area contributed by atoms with Crippen molar-refractivity contribution in [3.05, 3.63) is 20.8 Å². The molecule has 0 saturated heterocycles. The van der Waals surface area contributed by atoms with Gasteiger partial charge in [-0.15, -0.1) is 11.3 Å². The monoisotopic (exact) mass is 304 g/mol. The van der Waals surface area contributed by atoms with Crippen LogP contribution < -0.4 is 10.9 Å². The van der Waals surface area contributed by atoms with E-state index in [2.05, 4.69) is 26.8 Å². The molecule has 0 saturated carbocycles. The van der Waals surface area contributed by atoms with Crippen LogP contribution in [0.5, 0.6) is 0 Å².